The predicted molar refractivity (Wildman–Crippen MR) is 288 cm³/mol. The summed E-state index contributed by atoms with van der Waals surface area (Å²) in [6.45, 7) is 30.3. The predicted octanol–water partition coefficient (Wildman–Crippen LogP) is 8.18. The van der Waals surface area contributed by atoms with Gasteiger partial charge in [-0.2, -0.15) is 9.59 Å². The fraction of sp³-hybridized carbons (Fsp3) is 0.673. The molecule has 0 amide bonds. The molecule has 2 fully saturated rings. The van der Waals surface area contributed by atoms with Gasteiger partial charge in [0.05, 0.1) is 43.6 Å². The first-order valence-corrected chi connectivity index (χ1v) is 24.7. The number of aliphatic hydroxyl groups excluding tert-OH is 4. The summed E-state index contributed by atoms with van der Waals surface area (Å²) in [7, 11) is 0. The molecule has 21 nitrogen and oxygen atoms in total. The zero-order valence-corrected chi connectivity index (χ0v) is 48.2. The van der Waals surface area contributed by atoms with Crippen molar-refractivity contribution < 1.29 is 110 Å². The van der Waals surface area contributed by atoms with Gasteiger partial charge in [0.15, 0.2) is 0 Å². The van der Waals surface area contributed by atoms with E-state index in [1.165, 1.54) is 25.0 Å². The number of ether oxygens (including phenoxy) is 5. The van der Waals surface area contributed by atoms with Gasteiger partial charge in [-0.1, -0.05) is 115 Å². The molecule has 0 aromatic heterocycles. The number of rotatable bonds is 14. The van der Waals surface area contributed by atoms with E-state index in [1.807, 2.05) is 12.4 Å². The molecule has 2 aromatic rings. The van der Waals surface area contributed by atoms with Crippen molar-refractivity contribution in [3.8, 4) is 11.5 Å². The minimum absolute atomic E-state index is 0. The Balaban J connectivity index is -0.000000590. The van der Waals surface area contributed by atoms with Crippen LogP contribution in [-0.2, 0) is 81.4 Å². The number of benzene rings is 2. The first kappa shape index (κ1) is 78.5. The number of hydrogen-bond acceptors (Lipinski definition) is 20. The van der Waals surface area contributed by atoms with E-state index in [1.54, 1.807) is 0 Å². The SMILES string of the molecule is C.CC(C)(C)c1cc(C=NC2CCCCC2N=Cc2cc(C(C)(C)C)cc(C(C)(C)C)c2O)c(O)c(C(C)(C)C)c1.CC(O)COC(=O)OCCOC(=O)OCC(C)O.CC1CO1.O=C(O)CO.O=C=O.OCCOO.[Co]. The number of nitrogens with zero attached hydrogens (tertiary/aromatic N) is 2. The molecule has 1 radical (unpaired) electrons. The van der Waals surface area contributed by atoms with Crippen molar-refractivity contribution in [1.29, 1.82) is 0 Å². The van der Waals surface area contributed by atoms with Gasteiger partial charge in [-0.15, -0.1) is 0 Å². The van der Waals surface area contributed by atoms with E-state index in [2.05, 4.69) is 138 Å². The van der Waals surface area contributed by atoms with E-state index in [0.29, 0.717) is 17.6 Å². The Morgan fingerprint density at radius 2 is 0.987 bits per heavy atom. The normalized spacial score (nSPS) is 16.5. The molecule has 2 aromatic carbocycles. The molecule has 5 atom stereocenters. The maximum Gasteiger partial charge on any atom is 0.508 e. The summed E-state index contributed by atoms with van der Waals surface area (Å²) >= 11 is 0. The molecule has 8 N–H and O–H groups in total. The van der Waals surface area contributed by atoms with Crippen LogP contribution >= 0.6 is 0 Å². The third-order valence-corrected chi connectivity index (χ3v) is 10.4. The Kier molecular flexibility index (Phi) is 40.1. The second-order valence-electron chi connectivity index (χ2n) is 21.8. The monoisotopic (exact) mass is 1140 g/mol. The maximum atomic E-state index is 11.2. The Morgan fingerprint density at radius 1 is 0.675 bits per heavy atom. The fourth-order valence-corrected chi connectivity index (χ4v) is 6.16. The minimum atomic E-state index is -1.19. The standard InChI is InChI=1S/C36H54N2O2.C10H18O8.C3H6O.C2H6O3.C2H4O3.CO2.CH4.Co/c1-33(2,3)25-17-23(31(39)27(19-25)35(7,8)9)21-37-29-15-13-14-16-30(29)38-22-24-18-26(34(4,5)6)20-28(32(24)40)36(10,11)12;1-7(11)5-17-9(13)15-3-4-16-10(14)18-6-8(2)12;1-3-2-4-3;3-1-2-5-4;3-1-2(4)5;2-1-3;;/h17-22,29-30,39-40H,13-16H2,1-12H3;7-8,11-12H,3-6H2,1-2H3;3H,2H2,1H3;3-4H,1-2H2;3H,1H2,(H,4,5);;1H4;. The molecule has 1 saturated carbocycles. The average molecular weight is 1140 g/mol. The first-order valence-electron chi connectivity index (χ1n) is 24.7. The Morgan fingerprint density at radius 3 is 1.19 bits per heavy atom. The van der Waals surface area contributed by atoms with Crippen molar-refractivity contribution in [1.82, 2.24) is 0 Å². The van der Waals surface area contributed by atoms with E-state index in [9.17, 15) is 19.8 Å². The molecule has 5 unspecified atom stereocenters. The van der Waals surface area contributed by atoms with Gasteiger partial charge in [0.25, 0.3) is 0 Å². The van der Waals surface area contributed by atoms with Crippen LogP contribution < -0.4 is 0 Å². The van der Waals surface area contributed by atoms with Crippen LogP contribution in [0, 0.1) is 0 Å². The zero-order valence-electron chi connectivity index (χ0n) is 47.1. The van der Waals surface area contributed by atoms with Gasteiger partial charge >= 0.3 is 24.4 Å². The molecule has 2 aliphatic rings. The number of carboxylic acid groups (broad SMARTS) is 1. The van der Waals surface area contributed by atoms with Crippen molar-refractivity contribution in [2.75, 3.05) is 52.9 Å². The molecule has 22 heteroatoms. The largest absolute Gasteiger partial charge is 0.508 e. The van der Waals surface area contributed by atoms with Gasteiger partial charge in [-0.3, -0.25) is 15.2 Å². The first-order chi connectivity index (χ1) is 34.6. The molecule has 4 rings (SSSR count). The molecule has 0 bridgehead atoms. The number of epoxide rings is 1. The summed E-state index contributed by atoms with van der Waals surface area (Å²) in [4.78, 5) is 60.6. The molecule has 1 aliphatic heterocycles. The van der Waals surface area contributed by atoms with Crippen molar-refractivity contribution in [2.45, 2.75) is 189 Å². The van der Waals surface area contributed by atoms with Gasteiger partial charge in [0.2, 0.25) is 0 Å². The summed E-state index contributed by atoms with van der Waals surface area (Å²) in [5, 5.41) is 70.3. The summed E-state index contributed by atoms with van der Waals surface area (Å²) in [5.74, 6) is -0.553. The molecule has 445 valence electrons. The van der Waals surface area contributed by atoms with Gasteiger partial charge in [0.1, 0.15) is 51.1 Å². The van der Waals surface area contributed by atoms with Crippen molar-refractivity contribution in [2.24, 2.45) is 9.98 Å². The van der Waals surface area contributed by atoms with Crippen LogP contribution in [0.15, 0.2) is 34.3 Å². The van der Waals surface area contributed by atoms with E-state index in [0.717, 1.165) is 54.5 Å². The van der Waals surface area contributed by atoms with Gasteiger partial charge < -0.3 is 59.4 Å². The van der Waals surface area contributed by atoms with Gasteiger partial charge in [-0.05, 0) is 78.5 Å². The van der Waals surface area contributed by atoms with Crippen LogP contribution in [0.5, 0.6) is 11.5 Å². The fourth-order valence-electron chi connectivity index (χ4n) is 6.16. The Hall–Kier alpha value is -5.00. The van der Waals surface area contributed by atoms with Gasteiger partial charge in [0, 0.05) is 51.5 Å². The van der Waals surface area contributed by atoms with E-state index in [4.69, 9.17) is 59.9 Å². The Bertz CT molecular complexity index is 1950. The van der Waals surface area contributed by atoms with Crippen molar-refractivity contribution >= 4 is 36.9 Å². The number of aromatic hydroxyl groups is 2. The summed E-state index contributed by atoms with van der Waals surface area (Å²) in [6, 6.07) is 8.53. The number of aliphatic imine (C=N–C) groups is 2. The summed E-state index contributed by atoms with van der Waals surface area (Å²) in [5.41, 5.74) is 5.39. The van der Waals surface area contributed by atoms with Crippen molar-refractivity contribution in [3.05, 3.63) is 57.6 Å². The number of carbonyl (C=O) groups is 3. The van der Waals surface area contributed by atoms with Crippen LogP contribution in [0.3, 0.4) is 0 Å². The zero-order chi connectivity index (χ0) is 58.3. The summed E-state index contributed by atoms with van der Waals surface area (Å²) < 4.78 is 22.7. The summed E-state index contributed by atoms with van der Waals surface area (Å²) in [6.07, 6.45) is 5.27. The number of carbonyl (C=O) groups excluding carboxylic acids is 4. The molecular weight excluding hydrogens is 1050 g/mol. The van der Waals surface area contributed by atoms with Crippen LogP contribution in [0.25, 0.3) is 0 Å². The topological polar surface area (TPSA) is 331 Å². The number of aliphatic carboxylic acids is 1. The van der Waals surface area contributed by atoms with Crippen LogP contribution in [-0.4, -0.2) is 161 Å². The third-order valence-electron chi connectivity index (χ3n) is 10.4. The van der Waals surface area contributed by atoms with E-state index < -0.39 is 37.1 Å². The van der Waals surface area contributed by atoms with Crippen molar-refractivity contribution in [3.63, 3.8) is 0 Å². The van der Waals surface area contributed by atoms with E-state index in [-0.39, 0.29) is 104 Å². The minimum Gasteiger partial charge on any atom is -0.507 e. The number of phenols is 2. The average Bonchev–Trinajstić information content (AvgIpc) is 4.10. The van der Waals surface area contributed by atoms with Crippen LogP contribution in [0.2, 0.25) is 0 Å². The van der Waals surface area contributed by atoms with Gasteiger partial charge in [-0.25, -0.2) is 19.3 Å². The second-order valence-corrected chi connectivity index (χ2v) is 21.8. The van der Waals surface area contributed by atoms with Crippen LogP contribution in [0.4, 0.5) is 9.59 Å². The molecular formula is C55H92CoN2O19. The smallest absolute Gasteiger partial charge is 0.507 e. The Labute approximate surface area is 466 Å². The second kappa shape index (κ2) is 39.4. The number of hydrogen-bond donors (Lipinski definition) is 8. The molecule has 1 aliphatic carbocycles. The number of carboxylic acids is 1. The number of phenolic OH excluding ortho intramolecular Hbond substituents is 2. The molecule has 77 heavy (non-hydrogen) atoms. The number of aliphatic hydroxyl groups is 4. The molecule has 1 heterocycles. The molecule has 1 saturated heterocycles. The van der Waals surface area contributed by atoms with Crippen LogP contribution in [0.1, 0.15) is 170 Å². The van der Waals surface area contributed by atoms with E-state index >= 15 is 0 Å². The quantitative estimate of drug-likeness (QED) is 0.0221. The molecule has 0 spiro atoms. The third kappa shape index (κ3) is 36.7. The maximum absolute atomic E-state index is 11.2.